The zero-order chi connectivity index (χ0) is 11.8. The molecule has 4 heteroatoms. The van der Waals surface area contributed by atoms with Crippen LogP contribution in [-0.4, -0.2) is 21.6 Å². The van der Waals surface area contributed by atoms with Crippen LogP contribution in [0.15, 0.2) is 18.5 Å². The minimum absolute atomic E-state index is 0.0623. The number of aromatic carboxylic acids is 1. The molecule has 0 spiro atoms. The molecule has 1 aromatic heterocycles. The van der Waals surface area contributed by atoms with E-state index in [2.05, 4.69) is 24.1 Å². The smallest absolute Gasteiger partial charge is 0.337 e. The summed E-state index contributed by atoms with van der Waals surface area (Å²) < 4.78 is 0. The van der Waals surface area contributed by atoms with Crippen LogP contribution >= 0.6 is 0 Å². The average molecular weight is 220 g/mol. The molecular formula is C12H16N2O2. The van der Waals surface area contributed by atoms with Crippen LogP contribution in [0.3, 0.4) is 0 Å². The lowest BCUT2D eigenvalue weighted by Crippen LogP contribution is -2.34. The predicted octanol–water partition coefficient (Wildman–Crippen LogP) is 2.38. The van der Waals surface area contributed by atoms with E-state index in [-0.39, 0.29) is 11.1 Å². The van der Waals surface area contributed by atoms with Gasteiger partial charge in [-0.15, -0.1) is 0 Å². The van der Waals surface area contributed by atoms with Gasteiger partial charge in [0.2, 0.25) is 0 Å². The molecule has 1 saturated carbocycles. The van der Waals surface area contributed by atoms with Gasteiger partial charge < -0.3 is 10.4 Å². The van der Waals surface area contributed by atoms with Gasteiger partial charge in [-0.2, -0.15) is 0 Å². The molecule has 0 saturated heterocycles. The third-order valence-corrected chi connectivity index (χ3v) is 3.11. The summed E-state index contributed by atoms with van der Waals surface area (Å²) in [5.41, 5.74) is 0.823. The van der Waals surface area contributed by atoms with E-state index in [9.17, 15) is 4.79 Å². The monoisotopic (exact) mass is 220 g/mol. The average Bonchev–Trinajstić information content (AvgIpc) is 3.00. The Balaban J connectivity index is 2.23. The Morgan fingerprint density at radius 1 is 1.56 bits per heavy atom. The lowest BCUT2D eigenvalue weighted by atomic mass is 9.98. The summed E-state index contributed by atoms with van der Waals surface area (Å²) in [5, 5.41) is 12.3. The first-order valence-corrected chi connectivity index (χ1v) is 5.46. The molecule has 1 aliphatic rings. The standard InChI is InChI=1S/C12H16N2O2/c1-12(2,8-3-4-8)14-10-7-13-6-5-9(10)11(15)16/h5-8,14H,3-4H2,1-2H3,(H,15,16). The third kappa shape index (κ3) is 2.15. The minimum atomic E-state index is -0.920. The fourth-order valence-electron chi connectivity index (χ4n) is 1.93. The van der Waals surface area contributed by atoms with Crippen molar-refractivity contribution in [1.29, 1.82) is 0 Å². The first kappa shape index (κ1) is 10.9. The van der Waals surface area contributed by atoms with E-state index in [1.165, 1.54) is 25.1 Å². The van der Waals surface area contributed by atoms with Gasteiger partial charge in [-0.1, -0.05) is 0 Å². The number of nitrogens with zero attached hydrogens (tertiary/aromatic N) is 1. The van der Waals surface area contributed by atoms with E-state index in [0.29, 0.717) is 11.6 Å². The molecule has 16 heavy (non-hydrogen) atoms. The summed E-state index contributed by atoms with van der Waals surface area (Å²) in [6.45, 7) is 4.20. The van der Waals surface area contributed by atoms with Gasteiger partial charge in [-0.3, -0.25) is 4.98 Å². The minimum Gasteiger partial charge on any atom is -0.478 e. The van der Waals surface area contributed by atoms with Crippen molar-refractivity contribution >= 4 is 11.7 Å². The summed E-state index contributed by atoms with van der Waals surface area (Å²) in [6.07, 6.45) is 5.50. The molecule has 0 aromatic carbocycles. The Labute approximate surface area is 94.7 Å². The molecular weight excluding hydrogens is 204 g/mol. The molecule has 4 nitrogen and oxygen atoms in total. The van der Waals surface area contributed by atoms with Crippen molar-refractivity contribution in [1.82, 2.24) is 4.98 Å². The van der Waals surface area contributed by atoms with E-state index >= 15 is 0 Å². The topological polar surface area (TPSA) is 62.2 Å². The number of aromatic nitrogens is 1. The van der Waals surface area contributed by atoms with Crippen LogP contribution < -0.4 is 5.32 Å². The first-order valence-electron chi connectivity index (χ1n) is 5.46. The van der Waals surface area contributed by atoms with Crippen LogP contribution in [0.25, 0.3) is 0 Å². The number of hydrogen-bond acceptors (Lipinski definition) is 3. The molecule has 2 rings (SSSR count). The summed E-state index contributed by atoms with van der Waals surface area (Å²) in [7, 11) is 0. The molecule has 1 heterocycles. The Morgan fingerprint density at radius 2 is 2.25 bits per heavy atom. The molecule has 2 N–H and O–H groups in total. The van der Waals surface area contributed by atoms with Gasteiger partial charge in [0.05, 0.1) is 17.4 Å². The van der Waals surface area contributed by atoms with Gasteiger partial charge in [0, 0.05) is 11.7 Å². The number of anilines is 1. The highest BCUT2D eigenvalue weighted by Crippen LogP contribution is 2.41. The zero-order valence-electron chi connectivity index (χ0n) is 9.53. The number of carboxylic acids is 1. The van der Waals surface area contributed by atoms with Gasteiger partial charge in [0.1, 0.15) is 0 Å². The summed E-state index contributed by atoms with van der Waals surface area (Å²) >= 11 is 0. The molecule has 0 amide bonds. The van der Waals surface area contributed by atoms with Crippen molar-refractivity contribution < 1.29 is 9.90 Å². The van der Waals surface area contributed by atoms with E-state index < -0.39 is 5.97 Å². The SMILES string of the molecule is CC(C)(Nc1cnccc1C(=O)O)C1CC1. The molecule has 1 aromatic rings. The van der Waals surface area contributed by atoms with Gasteiger partial charge in [0.15, 0.2) is 0 Å². The van der Waals surface area contributed by atoms with E-state index in [4.69, 9.17) is 5.11 Å². The second kappa shape index (κ2) is 3.77. The number of pyridine rings is 1. The molecule has 86 valence electrons. The molecule has 0 aliphatic heterocycles. The number of nitrogens with one attached hydrogen (secondary N) is 1. The molecule has 0 radical (unpaired) electrons. The highest BCUT2D eigenvalue weighted by atomic mass is 16.4. The summed E-state index contributed by atoms with van der Waals surface area (Å²) in [6, 6.07) is 1.52. The Kier molecular flexibility index (Phi) is 2.58. The van der Waals surface area contributed by atoms with Crippen molar-refractivity contribution in [2.75, 3.05) is 5.32 Å². The molecule has 1 aliphatic carbocycles. The van der Waals surface area contributed by atoms with Crippen molar-refractivity contribution in [3.05, 3.63) is 24.0 Å². The summed E-state index contributed by atoms with van der Waals surface area (Å²) in [4.78, 5) is 15.0. The highest BCUT2D eigenvalue weighted by Gasteiger charge is 2.38. The van der Waals surface area contributed by atoms with Crippen LogP contribution in [0.2, 0.25) is 0 Å². The van der Waals surface area contributed by atoms with Gasteiger partial charge in [-0.25, -0.2) is 4.79 Å². The molecule has 0 bridgehead atoms. The van der Waals surface area contributed by atoms with Gasteiger partial charge >= 0.3 is 5.97 Å². The van der Waals surface area contributed by atoms with Crippen LogP contribution in [0.4, 0.5) is 5.69 Å². The second-order valence-electron chi connectivity index (χ2n) is 4.85. The normalized spacial score (nSPS) is 15.9. The van der Waals surface area contributed by atoms with Crippen LogP contribution in [0, 0.1) is 5.92 Å². The van der Waals surface area contributed by atoms with E-state index in [1.807, 2.05) is 0 Å². The predicted molar refractivity (Wildman–Crippen MR) is 61.6 cm³/mol. The van der Waals surface area contributed by atoms with Gasteiger partial charge in [0.25, 0.3) is 0 Å². The molecule has 0 unspecified atom stereocenters. The van der Waals surface area contributed by atoms with E-state index in [0.717, 1.165) is 0 Å². The maximum Gasteiger partial charge on any atom is 0.337 e. The maximum atomic E-state index is 11.0. The number of carbonyl (C=O) groups is 1. The van der Waals surface area contributed by atoms with Crippen LogP contribution in [-0.2, 0) is 0 Å². The fourth-order valence-corrected chi connectivity index (χ4v) is 1.93. The Hall–Kier alpha value is -1.58. The van der Waals surface area contributed by atoms with Crippen molar-refractivity contribution in [3.8, 4) is 0 Å². The second-order valence-corrected chi connectivity index (χ2v) is 4.85. The first-order chi connectivity index (χ1) is 7.50. The largest absolute Gasteiger partial charge is 0.478 e. The van der Waals surface area contributed by atoms with Gasteiger partial charge in [-0.05, 0) is 38.7 Å². The number of carboxylic acid groups (broad SMARTS) is 1. The molecule has 0 atom stereocenters. The van der Waals surface area contributed by atoms with Crippen LogP contribution in [0.1, 0.15) is 37.0 Å². The Bertz CT molecular complexity index is 411. The lowest BCUT2D eigenvalue weighted by molar-refractivity contribution is 0.0697. The number of hydrogen-bond donors (Lipinski definition) is 2. The van der Waals surface area contributed by atoms with Crippen molar-refractivity contribution in [2.24, 2.45) is 5.92 Å². The molecule has 1 fully saturated rings. The highest BCUT2D eigenvalue weighted by molar-refractivity contribution is 5.93. The zero-order valence-corrected chi connectivity index (χ0v) is 9.53. The lowest BCUT2D eigenvalue weighted by Gasteiger charge is -2.28. The van der Waals surface area contributed by atoms with E-state index in [1.54, 1.807) is 6.20 Å². The van der Waals surface area contributed by atoms with Crippen molar-refractivity contribution in [2.45, 2.75) is 32.2 Å². The third-order valence-electron chi connectivity index (χ3n) is 3.11. The fraction of sp³-hybridized carbons (Fsp3) is 0.500. The number of rotatable bonds is 4. The summed E-state index contributed by atoms with van der Waals surface area (Å²) in [5.74, 6) is -0.286. The maximum absolute atomic E-state index is 11.0. The van der Waals surface area contributed by atoms with Crippen LogP contribution in [0.5, 0.6) is 0 Å². The Morgan fingerprint density at radius 3 is 2.81 bits per heavy atom. The van der Waals surface area contributed by atoms with Crippen molar-refractivity contribution in [3.63, 3.8) is 0 Å². The quantitative estimate of drug-likeness (QED) is 0.817.